The average molecular weight is 445 g/mol. The number of amides is 1. The van der Waals surface area contributed by atoms with Crippen molar-refractivity contribution in [2.75, 3.05) is 4.90 Å². The van der Waals surface area contributed by atoms with E-state index in [1.165, 1.54) is 29.2 Å². The Kier molecular flexibility index (Phi) is 6.01. The number of carbonyl (C=O) groups is 2. The van der Waals surface area contributed by atoms with Crippen LogP contribution in [0.2, 0.25) is 0 Å². The zero-order valence-corrected chi connectivity index (χ0v) is 18.6. The lowest BCUT2D eigenvalue weighted by atomic mass is 9.95. The first-order valence-corrected chi connectivity index (χ1v) is 10.7. The van der Waals surface area contributed by atoms with Crippen LogP contribution in [-0.4, -0.2) is 22.9 Å². The molecule has 33 heavy (non-hydrogen) atoms. The van der Waals surface area contributed by atoms with Crippen LogP contribution in [0, 0.1) is 12.7 Å². The van der Waals surface area contributed by atoms with Crippen molar-refractivity contribution in [3.05, 3.63) is 101 Å². The number of aliphatic hydroxyl groups is 1. The summed E-state index contributed by atoms with van der Waals surface area (Å²) in [5, 5.41) is 11.2. The first-order chi connectivity index (χ1) is 15.8. The van der Waals surface area contributed by atoms with Crippen LogP contribution in [0.25, 0.3) is 5.76 Å². The van der Waals surface area contributed by atoms with Gasteiger partial charge >= 0.3 is 0 Å². The quantitative estimate of drug-likeness (QED) is 0.318. The molecular formula is C27H24FNO4. The second-order valence-corrected chi connectivity index (χ2v) is 8.20. The molecule has 5 nitrogen and oxygen atoms in total. The number of ether oxygens (including phenoxy) is 1. The molecule has 3 aromatic carbocycles. The number of carbonyl (C=O) groups excluding carboxylic acids is 2. The number of Topliss-reactive ketones (excluding diaryl/α,β-unsaturated/α-hetero) is 1. The van der Waals surface area contributed by atoms with Crippen LogP contribution in [-0.2, 0) is 9.59 Å². The Hall–Kier alpha value is -3.93. The lowest BCUT2D eigenvalue weighted by Crippen LogP contribution is -2.30. The Labute approximate surface area is 191 Å². The van der Waals surface area contributed by atoms with Crippen molar-refractivity contribution in [3.63, 3.8) is 0 Å². The van der Waals surface area contributed by atoms with E-state index in [9.17, 15) is 19.1 Å². The highest BCUT2D eigenvalue weighted by Gasteiger charge is 2.47. The molecule has 1 aliphatic rings. The van der Waals surface area contributed by atoms with E-state index in [-0.39, 0.29) is 17.4 Å². The minimum atomic E-state index is -0.915. The number of aliphatic hydroxyl groups excluding tert-OH is 1. The molecular weight excluding hydrogens is 421 g/mol. The van der Waals surface area contributed by atoms with Gasteiger partial charge in [-0.2, -0.15) is 0 Å². The van der Waals surface area contributed by atoms with E-state index in [1.54, 1.807) is 36.4 Å². The van der Waals surface area contributed by atoms with Crippen LogP contribution < -0.4 is 9.64 Å². The molecule has 0 aromatic heterocycles. The fourth-order valence-corrected chi connectivity index (χ4v) is 4.02. The second kappa shape index (κ2) is 8.90. The van der Waals surface area contributed by atoms with E-state index >= 15 is 0 Å². The predicted molar refractivity (Wildman–Crippen MR) is 125 cm³/mol. The number of anilines is 1. The lowest BCUT2D eigenvalue weighted by Gasteiger charge is -2.26. The maximum Gasteiger partial charge on any atom is 0.300 e. The number of halogens is 1. The van der Waals surface area contributed by atoms with Crippen LogP contribution >= 0.6 is 0 Å². The zero-order valence-electron chi connectivity index (χ0n) is 18.6. The van der Waals surface area contributed by atoms with Crippen LogP contribution in [0.1, 0.15) is 36.6 Å². The van der Waals surface area contributed by atoms with Crippen LogP contribution in [0.5, 0.6) is 5.75 Å². The summed E-state index contributed by atoms with van der Waals surface area (Å²) >= 11 is 0. The Bertz CT molecular complexity index is 1250. The SMILES string of the molecule is Cc1ccccc1N1C(=O)C(=O)/C(=C(\O)c2cccc(OC(C)C)c2)C1c1ccc(F)cc1. The van der Waals surface area contributed by atoms with E-state index in [4.69, 9.17) is 4.74 Å². The van der Waals surface area contributed by atoms with E-state index in [1.807, 2.05) is 32.9 Å². The lowest BCUT2D eigenvalue weighted by molar-refractivity contribution is -0.132. The number of para-hydroxylation sites is 1. The summed E-state index contributed by atoms with van der Waals surface area (Å²) in [6.45, 7) is 5.60. The fraction of sp³-hybridized carbons (Fsp3) is 0.185. The fourth-order valence-electron chi connectivity index (χ4n) is 4.02. The molecule has 1 saturated heterocycles. The van der Waals surface area contributed by atoms with Crippen molar-refractivity contribution in [1.82, 2.24) is 0 Å². The smallest absolute Gasteiger partial charge is 0.300 e. The Balaban J connectivity index is 1.92. The van der Waals surface area contributed by atoms with Gasteiger partial charge in [0.15, 0.2) is 0 Å². The highest BCUT2D eigenvalue weighted by Crippen LogP contribution is 2.43. The summed E-state index contributed by atoms with van der Waals surface area (Å²) in [5.41, 5.74) is 2.14. The summed E-state index contributed by atoms with van der Waals surface area (Å²) in [7, 11) is 0. The molecule has 1 N–H and O–H groups in total. The molecule has 0 spiro atoms. The number of nitrogens with zero attached hydrogens (tertiary/aromatic N) is 1. The highest BCUT2D eigenvalue weighted by atomic mass is 19.1. The van der Waals surface area contributed by atoms with Gasteiger partial charge in [-0.15, -0.1) is 0 Å². The molecule has 168 valence electrons. The van der Waals surface area contributed by atoms with Gasteiger partial charge in [-0.3, -0.25) is 14.5 Å². The Morgan fingerprint density at radius 1 is 1.00 bits per heavy atom. The van der Waals surface area contributed by atoms with Gasteiger partial charge in [0, 0.05) is 11.3 Å². The van der Waals surface area contributed by atoms with E-state index in [0.717, 1.165) is 5.56 Å². The van der Waals surface area contributed by atoms with Crippen molar-refractivity contribution < 1.29 is 23.8 Å². The van der Waals surface area contributed by atoms with Crippen molar-refractivity contribution in [2.24, 2.45) is 0 Å². The average Bonchev–Trinajstić information content (AvgIpc) is 3.04. The molecule has 0 saturated carbocycles. The van der Waals surface area contributed by atoms with Gasteiger partial charge in [-0.25, -0.2) is 4.39 Å². The zero-order chi connectivity index (χ0) is 23.7. The number of ketones is 1. The first kappa shape index (κ1) is 22.3. The molecule has 1 unspecified atom stereocenters. The molecule has 0 bridgehead atoms. The maximum absolute atomic E-state index is 13.7. The summed E-state index contributed by atoms with van der Waals surface area (Å²) in [6.07, 6.45) is -0.0757. The largest absolute Gasteiger partial charge is 0.507 e. The van der Waals surface area contributed by atoms with Gasteiger partial charge < -0.3 is 9.84 Å². The molecule has 4 rings (SSSR count). The minimum Gasteiger partial charge on any atom is -0.507 e. The molecule has 3 aromatic rings. The molecule has 1 atom stereocenters. The highest BCUT2D eigenvalue weighted by molar-refractivity contribution is 6.51. The third-order valence-corrected chi connectivity index (χ3v) is 5.48. The van der Waals surface area contributed by atoms with Gasteiger partial charge in [0.25, 0.3) is 11.7 Å². The monoisotopic (exact) mass is 445 g/mol. The number of rotatable bonds is 5. The minimum absolute atomic E-state index is 0.0587. The van der Waals surface area contributed by atoms with Crippen LogP contribution in [0.3, 0.4) is 0 Å². The van der Waals surface area contributed by atoms with Gasteiger partial charge in [-0.1, -0.05) is 42.5 Å². The maximum atomic E-state index is 13.7. The van der Waals surface area contributed by atoms with Gasteiger partial charge in [0.1, 0.15) is 17.3 Å². The molecule has 1 amide bonds. The van der Waals surface area contributed by atoms with Crippen molar-refractivity contribution in [2.45, 2.75) is 32.9 Å². The molecule has 1 heterocycles. The third kappa shape index (κ3) is 4.24. The van der Waals surface area contributed by atoms with Gasteiger partial charge in [0.05, 0.1) is 17.7 Å². The summed E-state index contributed by atoms with van der Waals surface area (Å²) in [4.78, 5) is 27.8. The topological polar surface area (TPSA) is 66.8 Å². The Morgan fingerprint density at radius 3 is 2.36 bits per heavy atom. The summed E-state index contributed by atoms with van der Waals surface area (Å²) < 4.78 is 19.4. The summed E-state index contributed by atoms with van der Waals surface area (Å²) in [6, 6.07) is 18.6. The number of benzene rings is 3. The standard InChI is InChI=1S/C27H24FNO4/c1-16(2)33-21-9-6-8-19(15-21)25(30)23-24(18-11-13-20(28)14-12-18)29(27(32)26(23)31)22-10-5-4-7-17(22)3/h4-16,24,30H,1-3H3/b25-23-. The normalized spacial score (nSPS) is 17.6. The first-order valence-electron chi connectivity index (χ1n) is 10.7. The van der Waals surface area contributed by atoms with E-state index in [2.05, 4.69) is 0 Å². The predicted octanol–water partition coefficient (Wildman–Crippen LogP) is 5.55. The molecule has 0 radical (unpaired) electrons. The van der Waals surface area contributed by atoms with Crippen molar-refractivity contribution >= 4 is 23.1 Å². The van der Waals surface area contributed by atoms with Gasteiger partial charge in [-0.05, 0) is 62.2 Å². The number of aryl methyl sites for hydroxylation is 1. The van der Waals surface area contributed by atoms with E-state index in [0.29, 0.717) is 22.6 Å². The molecule has 1 fully saturated rings. The summed E-state index contributed by atoms with van der Waals surface area (Å²) in [5.74, 6) is -1.78. The van der Waals surface area contributed by atoms with Crippen LogP contribution in [0.4, 0.5) is 10.1 Å². The molecule has 0 aliphatic carbocycles. The second-order valence-electron chi connectivity index (χ2n) is 8.20. The van der Waals surface area contributed by atoms with Crippen molar-refractivity contribution in [1.29, 1.82) is 0 Å². The van der Waals surface area contributed by atoms with Crippen LogP contribution in [0.15, 0.2) is 78.4 Å². The number of hydrogen-bond donors (Lipinski definition) is 1. The Morgan fingerprint density at radius 2 is 1.70 bits per heavy atom. The number of hydrogen-bond acceptors (Lipinski definition) is 4. The van der Waals surface area contributed by atoms with Crippen molar-refractivity contribution in [3.8, 4) is 5.75 Å². The third-order valence-electron chi connectivity index (χ3n) is 5.48. The van der Waals surface area contributed by atoms with E-state index < -0.39 is 23.5 Å². The molecule has 1 aliphatic heterocycles. The van der Waals surface area contributed by atoms with Gasteiger partial charge in [0.2, 0.25) is 0 Å². The molecule has 6 heteroatoms.